The van der Waals surface area contributed by atoms with Crippen LogP contribution in [-0.2, 0) is 35.1 Å². The zero-order chi connectivity index (χ0) is 39.0. The second kappa shape index (κ2) is 18.4. The Morgan fingerprint density at radius 2 is 1.75 bits per heavy atom. The van der Waals surface area contributed by atoms with Crippen molar-refractivity contribution in [2.45, 2.75) is 116 Å². The molecule has 0 spiro atoms. The molecule has 2 heterocycles. The molecule has 4 rings (SSSR count). The molecular weight excluding hydrogens is 709 g/mol. The Kier molecular flexibility index (Phi) is 14.5. The third-order valence-electron chi connectivity index (χ3n) is 10.2. The summed E-state index contributed by atoms with van der Waals surface area (Å²) in [7, 11) is 2.95. The minimum absolute atomic E-state index is 0.0253. The van der Waals surface area contributed by atoms with Gasteiger partial charge in [0.25, 0.3) is 5.91 Å². The lowest BCUT2D eigenvalue weighted by Crippen LogP contribution is -2.58. The Balaban J connectivity index is 1.49. The monoisotopic (exact) mass is 761 g/mol. The van der Waals surface area contributed by atoms with Gasteiger partial charge in [-0.2, -0.15) is 0 Å². The molecule has 2 N–H and O–H groups in total. The number of rotatable bonds is 17. The number of halogens is 2. The van der Waals surface area contributed by atoms with E-state index in [1.165, 1.54) is 19.4 Å². The number of nitrogens with zero attached hydrogens (tertiary/aromatic N) is 3. The molecule has 3 amide bonds. The van der Waals surface area contributed by atoms with E-state index in [0.717, 1.165) is 61.9 Å². The Bertz CT molecular complexity index is 1610. The van der Waals surface area contributed by atoms with Crippen molar-refractivity contribution in [3.05, 3.63) is 51.5 Å². The fourth-order valence-corrected chi connectivity index (χ4v) is 8.06. The number of ether oxygens (including phenoxy) is 2. The Morgan fingerprint density at radius 1 is 1.08 bits per heavy atom. The number of carbonyl (C=O) groups excluding carboxylic acids is 5. The van der Waals surface area contributed by atoms with Crippen LogP contribution in [0.15, 0.2) is 23.6 Å². The summed E-state index contributed by atoms with van der Waals surface area (Å²) in [6.07, 6.45) is 3.30. The first-order chi connectivity index (χ1) is 25.1. The Morgan fingerprint density at radius 3 is 2.34 bits per heavy atom. The number of piperidine rings is 1. The van der Waals surface area contributed by atoms with Crippen LogP contribution in [0, 0.1) is 23.5 Å². The SMILES string of the molecule is CCN1CCCC[C@@H]1C(=O)NC1(C(=O)N(C)[C@H](C[C@@H](OC(C)=O)c2nc(C(=O)N[C@@H](Cc3cc(F)cc(F)c3)C[C@H](C)C(=O)OC)cs2)C(C)C)CC1. The van der Waals surface area contributed by atoms with Gasteiger partial charge in [0, 0.05) is 43.9 Å². The normalized spacial score (nSPS) is 19.0. The first-order valence-corrected chi connectivity index (χ1v) is 19.2. The van der Waals surface area contributed by atoms with Gasteiger partial charge in [-0.15, -0.1) is 11.3 Å². The lowest BCUT2D eigenvalue weighted by Gasteiger charge is -2.37. The fraction of sp³-hybridized carbons (Fsp3) is 0.632. The highest BCUT2D eigenvalue weighted by molar-refractivity contribution is 7.09. The molecule has 292 valence electrons. The molecular formula is C38H53F2N5O7S. The van der Waals surface area contributed by atoms with Crippen LogP contribution in [-0.4, -0.2) is 95.4 Å². The number of hydrogen-bond donors (Lipinski definition) is 2. The van der Waals surface area contributed by atoms with E-state index in [2.05, 4.69) is 20.5 Å². The van der Waals surface area contributed by atoms with Gasteiger partial charge >= 0.3 is 11.9 Å². The summed E-state index contributed by atoms with van der Waals surface area (Å²) < 4.78 is 38.5. The molecule has 0 unspecified atom stereocenters. The molecule has 5 atom stereocenters. The van der Waals surface area contributed by atoms with Crippen LogP contribution in [0.25, 0.3) is 0 Å². The second-order valence-electron chi connectivity index (χ2n) is 14.7. The molecule has 1 saturated carbocycles. The number of nitrogens with one attached hydrogen (secondary N) is 2. The molecule has 12 nitrogen and oxygen atoms in total. The van der Waals surface area contributed by atoms with Crippen LogP contribution in [0.4, 0.5) is 8.78 Å². The largest absolute Gasteiger partial charge is 0.469 e. The van der Waals surface area contributed by atoms with Crippen LogP contribution in [0.1, 0.15) is 107 Å². The number of esters is 2. The fourth-order valence-electron chi connectivity index (χ4n) is 7.22. The number of thiazole rings is 1. The van der Waals surface area contributed by atoms with Crippen molar-refractivity contribution in [3.63, 3.8) is 0 Å². The van der Waals surface area contributed by atoms with Gasteiger partial charge in [0.2, 0.25) is 11.8 Å². The van der Waals surface area contributed by atoms with E-state index in [4.69, 9.17) is 9.47 Å². The number of hydrogen-bond acceptors (Lipinski definition) is 10. The maximum absolute atomic E-state index is 14.0. The molecule has 1 aromatic carbocycles. The Hall–Kier alpha value is -3.98. The standard InChI is InChI=1S/C38H53F2N5O7S/c1-8-45-14-10-9-11-30(45)34(48)43-38(12-13-38)37(50)44(6)31(22(2)3)20-32(52-24(5)46)35-42-29(21-53-35)33(47)41-28(15-23(4)36(49)51-7)18-25-16-26(39)19-27(40)17-25/h16-17,19,21-23,28,30-32H,8-15,18,20H2,1-7H3,(H,41,47)(H,43,48)/t23-,28+,30+,31+,32+/m0/s1. The number of carbonyl (C=O) groups is 5. The first-order valence-electron chi connectivity index (χ1n) is 18.4. The maximum atomic E-state index is 14.0. The number of benzene rings is 1. The highest BCUT2D eigenvalue weighted by atomic mass is 32.1. The highest BCUT2D eigenvalue weighted by Gasteiger charge is 2.54. The van der Waals surface area contributed by atoms with Gasteiger partial charge in [0.1, 0.15) is 27.9 Å². The predicted molar refractivity (Wildman–Crippen MR) is 195 cm³/mol. The second-order valence-corrected chi connectivity index (χ2v) is 15.5. The number of likely N-dealkylation sites (N-methyl/N-ethyl adjacent to an activating group) is 2. The number of amides is 3. The summed E-state index contributed by atoms with van der Waals surface area (Å²) in [5.74, 6) is -4.21. The van der Waals surface area contributed by atoms with Crippen LogP contribution >= 0.6 is 11.3 Å². The smallest absolute Gasteiger partial charge is 0.308 e. The van der Waals surface area contributed by atoms with Crippen molar-refractivity contribution in [2.24, 2.45) is 11.8 Å². The zero-order valence-electron chi connectivity index (χ0n) is 31.7. The molecule has 0 radical (unpaired) electrons. The van der Waals surface area contributed by atoms with E-state index in [-0.39, 0.29) is 48.7 Å². The van der Waals surface area contributed by atoms with E-state index in [1.54, 1.807) is 18.9 Å². The topological polar surface area (TPSA) is 147 Å². The molecule has 53 heavy (non-hydrogen) atoms. The van der Waals surface area contributed by atoms with Crippen molar-refractivity contribution in [1.29, 1.82) is 0 Å². The minimum Gasteiger partial charge on any atom is -0.469 e. The quantitative estimate of drug-likeness (QED) is 0.214. The van der Waals surface area contributed by atoms with Gasteiger partial charge in [-0.25, -0.2) is 13.8 Å². The van der Waals surface area contributed by atoms with Crippen LogP contribution in [0.3, 0.4) is 0 Å². The van der Waals surface area contributed by atoms with Crippen molar-refractivity contribution in [1.82, 2.24) is 25.4 Å². The average Bonchev–Trinajstić information content (AvgIpc) is 3.71. The van der Waals surface area contributed by atoms with Crippen LogP contribution in [0.2, 0.25) is 0 Å². The zero-order valence-corrected chi connectivity index (χ0v) is 32.5. The van der Waals surface area contributed by atoms with Gasteiger partial charge in [-0.3, -0.25) is 28.9 Å². The van der Waals surface area contributed by atoms with E-state index in [0.29, 0.717) is 23.4 Å². The number of methoxy groups -OCH3 is 1. The molecule has 2 aromatic rings. The number of likely N-dealkylation sites (tertiary alicyclic amines) is 1. The maximum Gasteiger partial charge on any atom is 0.308 e. The van der Waals surface area contributed by atoms with Gasteiger partial charge in [0.15, 0.2) is 6.10 Å². The third kappa shape index (κ3) is 11.0. The number of aromatic nitrogens is 1. The predicted octanol–water partition coefficient (Wildman–Crippen LogP) is 4.96. The lowest BCUT2D eigenvalue weighted by atomic mass is 9.95. The molecule has 15 heteroatoms. The van der Waals surface area contributed by atoms with E-state index < -0.39 is 59.1 Å². The van der Waals surface area contributed by atoms with E-state index in [9.17, 15) is 32.8 Å². The van der Waals surface area contributed by atoms with Crippen molar-refractivity contribution >= 4 is 41.0 Å². The summed E-state index contributed by atoms with van der Waals surface area (Å²) >= 11 is 1.12. The molecule has 2 aliphatic rings. The minimum atomic E-state index is -0.974. The van der Waals surface area contributed by atoms with Gasteiger partial charge < -0.3 is 25.0 Å². The van der Waals surface area contributed by atoms with Crippen molar-refractivity contribution < 1.29 is 42.2 Å². The van der Waals surface area contributed by atoms with E-state index >= 15 is 0 Å². The third-order valence-corrected chi connectivity index (χ3v) is 11.1. The molecule has 1 aliphatic carbocycles. The molecule has 2 fully saturated rings. The molecule has 0 bridgehead atoms. The molecule has 1 aromatic heterocycles. The van der Waals surface area contributed by atoms with Crippen molar-refractivity contribution in [3.8, 4) is 0 Å². The summed E-state index contributed by atoms with van der Waals surface area (Å²) in [5.41, 5.74) is -0.655. The summed E-state index contributed by atoms with van der Waals surface area (Å²) in [5, 5.41) is 7.79. The molecule has 1 aliphatic heterocycles. The Labute approximate surface area is 314 Å². The average molecular weight is 762 g/mol. The highest BCUT2D eigenvalue weighted by Crippen LogP contribution is 2.40. The summed E-state index contributed by atoms with van der Waals surface area (Å²) in [4.78, 5) is 73.8. The van der Waals surface area contributed by atoms with Crippen molar-refractivity contribution in [2.75, 3.05) is 27.2 Å². The van der Waals surface area contributed by atoms with Crippen LogP contribution < -0.4 is 10.6 Å². The lowest BCUT2D eigenvalue weighted by molar-refractivity contribution is -0.149. The van der Waals surface area contributed by atoms with Crippen LogP contribution in [0.5, 0.6) is 0 Å². The first kappa shape index (κ1) is 41.8. The van der Waals surface area contributed by atoms with Gasteiger partial charge in [-0.05, 0) is 75.2 Å². The summed E-state index contributed by atoms with van der Waals surface area (Å²) in [6, 6.07) is 1.69. The van der Waals surface area contributed by atoms with Gasteiger partial charge in [0.05, 0.1) is 19.1 Å². The summed E-state index contributed by atoms with van der Waals surface area (Å²) in [6.45, 7) is 10.5. The molecule has 1 saturated heterocycles. The van der Waals surface area contributed by atoms with Gasteiger partial charge in [-0.1, -0.05) is 34.1 Å². The van der Waals surface area contributed by atoms with E-state index in [1.807, 2.05) is 20.8 Å².